The van der Waals surface area contributed by atoms with Gasteiger partial charge < -0.3 is 9.88 Å². The number of carbonyl (C=O) groups is 1. The number of amides is 1. The van der Waals surface area contributed by atoms with E-state index in [9.17, 15) is 4.79 Å². The Morgan fingerprint density at radius 3 is 2.71 bits per heavy atom. The van der Waals surface area contributed by atoms with Crippen molar-refractivity contribution in [2.75, 3.05) is 6.54 Å². The van der Waals surface area contributed by atoms with Crippen LogP contribution in [0.2, 0.25) is 10.0 Å². The van der Waals surface area contributed by atoms with Crippen molar-refractivity contribution in [1.82, 2.24) is 15.3 Å². The number of aryl methyl sites for hydroxylation is 1. The minimum Gasteiger partial charge on any atom is -0.316 e. The molecule has 2 N–H and O–H groups in total. The molecule has 0 unspecified atom stereocenters. The van der Waals surface area contributed by atoms with E-state index in [1.54, 1.807) is 18.3 Å². The predicted octanol–water partition coefficient (Wildman–Crippen LogP) is 4.77. The van der Waals surface area contributed by atoms with Crippen LogP contribution in [0.4, 0.5) is 0 Å². The Bertz CT molecular complexity index is 870. The number of aromatic nitrogens is 1. The second-order valence-corrected chi connectivity index (χ2v) is 8.11. The van der Waals surface area contributed by atoms with E-state index in [1.807, 2.05) is 30.5 Å². The van der Waals surface area contributed by atoms with Gasteiger partial charge in [-0.3, -0.25) is 4.79 Å². The molecule has 7 heteroatoms. The number of hydrogen-bond donors (Lipinski definition) is 2. The van der Waals surface area contributed by atoms with Crippen molar-refractivity contribution < 1.29 is 4.79 Å². The number of carbonyl (C=O) groups excluding carboxylic acids is 1. The smallest absolute Gasteiger partial charge is 0.254 e. The first-order chi connectivity index (χ1) is 13.5. The van der Waals surface area contributed by atoms with E-state index in [0.717, 1.165) is 35.5 Å². The van der Waals surface area contributed by atoms with Crippen LogP contribution in [0.25, 0.3) is 5.69 Å². The van der Waals surface area contributed by atoms with Crippen LogP contribution in [0.5, 0.6) is 0 Å². The van der Waals surface area contributed by atoms with Gasteiger partial charge in [0.25, 0.3) is 5.91 Å². The van der Waals surface area contributed by atoms with Crippen LogP contribution >= 0.6 is 23.2 Å². The summed E-state index contributed by atoms with van der Waals surface area (Å²) in [6, 6.07) is 7.84. The van der Waals surface area contributed by atoms with Crippen LogP contribution in [-0.4, -0.2) is 29.3 Å². The second-order valence-electron chi connectivity index (χ2n) is 7.27. The highest BCUT2D eigenvalue weighted by Crippen LogP contribution is 2.28. The average molecular weight is 421 g/mol. The van der Waals surface area contributed by atoms with Gasteiger partial charge in [-0.25, -0.2) is 5.43 Å². The fourth-order valence-electron chi connectivity index (χ4n) is 3.70. The maximum Gasteiger partial charge on any atom is 0.254 e. The molecule has 1 aromatic carbocycles. The maximum absolute atomic E-state index is 12.0. The second kappa shape index (κ2) is 9.59. The van der Waals surface area contributed by atoms with Crippen molar-refractivity contribution in [3.8, 4) is 5.69 Å². The number of rotatable bonds is 6. The van der Waals surface area contributed by atoms with E-state index < -0.39 is 0 Å². The van der Waals surface area contributed by atoms with Gasteiger partial charge in [-0.1, -0.05) is 42.5 Å². The van der Waals surface area contributed by atoms with Crippen LogP contribution in [0.1, 0.15) is 49.1 Å². The highest BCUT2D eigenvalue weighted by molar-refractivity contribution is 6.34. The molecule has 0 bridgehead atoms. The van der Waals surface area contributed by atoms with Gasteiger partial charge in [0.05, 0.1) is 23.5 Å². The third-order valence-corrected chi connectivity index (χ3v) is 5.72. The monoisotopic (exact) mass is 420 g/mol. The molecule has 5 nitrogen and oxygen atoms in total. The molecule has 0 saturated heterocycles. The van der Waals surface area contributed by atoms with Gasteiger partial charge in [0.1, 0.15) is 0 Å². The molecule has 1 fully saturated rings. The lowest BCUT2D eigenvalue weighted by Gasteiger charge is -2.22. The summed E-state index contributed by atoms with van der Waals surface area (Å²) in [5, 5.41) is 8.67. The first-order valence-corrected chi connectivity index (χ1v) is 10.4. The predicted molar refractivity (Wildman–Crippen MR) is 116 cm³/mol. The van der Waals surface area contributed by atoms with E-state index in [0.29, 0.717) is 22.6 Å². The minimum absolute atomic E-state index is 0.131. The number of nitrogens with one attached hydrogen (secondary N) is 2. The number of halogens is 2. The summed E-state index contributed by atoms with van der Waals surface area (Å²) in [7, 11) is 0. The largest absolute Gasteiger partial charge is 0.316 e. The van der Waals surface area contributed by atoms with Gasteiger partial charge in [0.15, 0.2) is 0 Å². The topological polar surface area (TPSA) is 58.4 Å². The Morgan fingerprint density at radius 2 is 1.96 bits per heavy atom. The van der Waals surface area contributed by atoms with Gasteiger partial charge in [-0.15, -0.1) is 0 Å². The van der Waals surface area contributed by atoms with Gasteiger partial charge in [0.2, 0.25) is 0 Å². The third-order valence-electron chi connectivity index (χ3n) is 5.17. The summed E-state index contributed by atoms with van der Waals surface area (Å²) in [6.07, 6.45) is 7.74. The third kappa shape index (κ3) is 5.16. The van der Waals surface area contributed by atoms with Crippen LogP contribution in [0.3, 0.4) is 0 Å². The zero-order valence-corrected chi connectivity index (χ0v) is 17.8. The lowest BCUT2D eigenvalue weighted by Crippen LogP contribution is -2.38. The molecule has 28 heavy (non-hydrogen) atoms. The fraction of sp³-hybridized carbons (Fsp3) is 0.429. The number of benzene rings is 1. The number of nitrogens with zero attached hydrogens (tertiary/aromatic N) is 2. The molecule has 0 spiro atoms. The lowest BCUT2D eigenvalue weighted by molar-refractivity contribution is -0.120. The summed E-state index contributed by atoms with van der Waals surface area (Å²) in [5.74, 6) is -0.131. The molecule has 1 saturated carbocycles. The molecular formula is C21H26Cl2N4O. The van der Waals surface area contributed by atoms with Gasteiger partial charge in [-0.2, -0.15) is 5.10 Å². The summed E-state index contributed by atoms with van der Waals surface area (Å²) < 4.78 is 2.03. The van der Waals surface area contributed by atoms with E-state index in [-0.39, 0.29) is 5.91 Å². The maximum atomic E-state index is 12.0. The van der Waals surface area contributed by atoms with Crippen LogP contribution < -0.4 is 10.7 Å². The zero-order chi connectivity index (χ0) is 20.1. The van der Waals surface area contributed by atoms with E-state index in [4.69, 9.17) is 23.2 Å². The van der Waals surface area contributed by atoms with Crippen LogP contribution in [0.15, 0.2) is 29.4 Å². The highest BCUT2D eigenvalue weighted by Gasteiger charge is 2.14. The SMILES string of the molecule is Cc1cc(/C=N\NC(=O)CNC2CCCCC2)c(C)n1-c1cc(Cl)ccc1Cl. The van der Waals surface area contributed by atoms with E-state index in [2.05, 4.69) is 15.8 Å². The molecule has 1 amide bonds. The fourth-order valence-corrected chi connectivity index (χ4v) is 4.07. The summed E-state index contributed by atoms with van der Waals surface area (Å²) >= 11 is 12.5. The van der Waals surface area contributed by atoms with Gasteiger partial charge in [0, 0.05) is 28.0 Å². The molecule has 0 atom stereocenters. The number of hydrazone groups is 1. The van der Waals surface area contributed by atoms with Crippen LogP contribution in [0, 0.1) is 13.8 Å². The Balaban J connectivity index is 1.63. The molecule has 0 aliphatic heterocycles. The van der Waals surface area contributed by atoms with Gasteiger partial charge >= 0.3 is 0 Å². The molecule has 1 heterocycles. The van der Waals surface area contributed by atoms with Crippen LogP contribution in [-0.2, 0) is 4.79 Å². The number of hydrogen-bond acceptors (Lipinski definition) is 3. The molecule has 0 radical (unpaired) electrons. The average Bonchev–Trinajstić information content (AvgIpc) is 2.96. The minimum atomic E-state index is -0.131. The molecule has 150 valence electrons. The highest BCUT2D eigenvalue weighted by atomic mass is 35.5. The molecule has 2 aromatic rings. The van der Waals surface area contributed by atoms with E-state index >= 15 is 0 Å². The first kappa shape index (κ1) is 20.9. The van der Waals surface area contributed by atoms with Crippen molar-refractivity contribution in [1.29, 1.82) is 0 Å². The molecular weight excluding hydrogens is 395 g/mol. The normalized spacial score (nSPS) is 15.3. The quantitative estimate of drug-likeness (QED) is 0.521. The lowest BCUT2D eigenvalue weighted by atomic mass is 9.95. The zero-order valence-electron chi connectivity index (χ0n) is 16.3. The molecule has 1 aromatic heterocycles. The Kier molecular flexibility index (Phi) is 7.16. The van der Waals surface area contributed by atoms with Gasteiger partial charge in [-0.05, 0) is 51.0 Å². The summed E-state index contributed by atoms with van der Waals surface area (Å²) in [5.41, 5.74) is 6.31. The Hall–Kier alpha value is -1.82. The Morgan fingerprint density at radius 1 is 1.21 bits per heavy atom. The first-order valence-electron chi connectivity index (χ1n) is 9.65. The summed E-state index contributed by atoms with van der Waals surface area (Å²) in [4.78, 5) is 12.0. The van der Waals surface area contributed by atoms with Crippen molar-refractivity contribution in [2.24, 2.45) is 5.10 Å². The summed E-state index contributed by atoms with van der Waals surface area (Å²) in [6.45, 7) is 4.27. The standard InChI is InChI=1S/C21H26Cl2N4O/c1-14-10-16(15(2)27(14)20-11-17(22)8-9-19(20)23)12-25-26-21(28)13-24-18-6-4-3-5-7-18/h8-12,18,24H,3-7,13H2,1-2H3,(H,26,28)/b25-12-. The van der Waals surface area contributed by atoms with Crippen molar-refractivity contribution >= 4 is 35.3 Å². The van der Waals surface area contributed by atoms with Crippen molar-refractivity contribution in [2.45, 2.75) is 52.0 Å². The molecule has 1 aliphatic carbocycles. The van der Waals surface area contributed by atoms with Crippen molar-refractivity contribution in [3.63, 3.8) is 0 Å². The van der Waals surface area contributed by atoms with Crippen molar-refractivity contribution in [3.05, 3.63) is 51.3 Å². The Labute approximate surface area is 176 Å². The molecule has 1 aliphatic rings. The van der Waals surface area contributed by atoms with E-state index in [1.165, 1.54) is 19.3 Å². The molecule has 3 rings (SSSR count).